The van der Waals surface area contributed by atoms with Crippen molar-refractivity contribution in [3.63, 3.8) is 0 Å². The molecule has 1 unspecified atom stereocenters. The van der Waals surface area contributed by atoms with Crippen molar-refractivity contribution in [3.05, 3.63) is 34.9 Å². The van der Waals surface area contributed by atoms with Crippen LogP contribution in [0.3, 0.4) is 0 Å². The molecule has 1 aromatic carbocycles. The van der Waals surface area contributed by atoms with Gasteiger partial charge in [-0.1, -0.05) is 6.07 Å². The van der Waals surface area contributed by atoms with E-state index in [2.05, 4.69) is 10.6 Å². The number of likely N-dealkylation sites (tertiary alicyclic amines) is 1. The Kier molecular flexibility index (Phi) is 9.66. The van der Waals surface area contributed by atoms with Crippen LogP contribution < -0.4 is 10.6 Å². The number of nitrogens with zero attached hydrogens (tertiary/aromatic N) is 1. The molecule has 2 rings (SSSR count). The molecule has 4 N–H and O–H groups in total. The van der Waals surface area contributed by atoms with Gasteiger partial charge in [0.1, 0.15) is 0 Å². The molecule has 1 atom stereocenters. The first-order chi connectivity index (χ1) is 13.3. The Labute approximate surface area is 163 Å². The van der Waals surface area contributed by atoms with E-state index in [0.717, 1.165) is 30.5 Å². The van der Waals surface area contributed by atoms with E-state index in [9.17, 15) is 14.4 Å². The zero-order valence-electron chi connectivity index (χ0n) is 16.1. The molecule has 1 saturated heterocycles. The average molecular weight is 393 g/mol. The monoisotopic (exact) mass is 393 g/mol. The molecular formula is C19H27N3O6. The summed E-state index contributed by atoms with van der Waals surface area (Å²) in [5.41, 5.74) is 1.93. The van der Waals surface area contributed by atoms with Gasteiger partial charge in [0, 0.05) is 20.1 Å². The zero-order chi connectivity index (χ0) is 21.1. The highest BCUT2D eigenvalue weighted by molar-refractivity contribution is 5.88. The summed E-state index contributed by atoms with van der Waals surface area (Å²) in [5, 5.41) is 21.4. The Balaban J connectivity index is 0.00000122. The van der Waals surface area contributed by atoms with Crippen LogP contribution in [0.25, 0.3) is 0 Å². The molecule has 1 fully saturated rings. The third kappa shape index (κ3) is 7.36. The first-order valence-electron chi connectivity index (χ1n) is 8.93. The van der Waals surface area contributed by atoms with Gasteiger partial charge in [-0.15, -0.1) is 0 Å². The molecule has 0 aromatic heterocycles. The van der Waals surface area contributed by atoms with Crippen molar-refractivity contribution in [2.45, 2.75) is 26.3 Å². The summed E-state index contributed by atoms with van der Waals surface area (Å²) in [4.78, 5) is 45.3. The number of aryl methyl sites for hydroxylation is 1. The van der Waals surface area contributed by atoms with Gasteiger partial charge >= 0.3 is 5.97 Å². The summed E-state index contributed by atoms with van der Waals surface area (Å²) in [6.07, 6.45) is 1.74. The quantitative estimate of drug-likeness (QED) is 0.516. The van der Waals surface area contributed by atoms with Crippen LogP contribution >= 0.6 is 0 Å². The highest BCUT2D eigenvalue weighted by Gasteiger charge is 2.26. The molecule has 2 amide bonds. The maximum atomic E-state index is 12.2. The van der Waals surface area contributed by atoms with Gasteiger partial charge in [-0.25, -0.2) is 4.79 Å². The molecule has 0 radical (unpaired) electrons. The number of carboxylic acids is 1. The Morgan fingerprint density at radius 3 is 2.61 bits per heavy atom. The lowest BCUT2D eigenvalue weighted by atomic mass is 9.97. The van der Waals surface area contributed by atoms with Gasteiger partial charge in [0.15, 0.2) is 0 Å². The lowest BCUT2D eigenvalue weighted by molar-refractivity contribution is -0.128. The van der Waals surface area contributed by atoms with Gasteiger partial charge in [-0.3, -0.25) is 19.3 Å². The van der Waals surface area contributed by atoms with E-state index in [1.807, 2.05) is 11.8 Å². The third-order valence-corrected chi connectivity index (χ3v) is 4.56. The molecule has 9 nitrogen and oxygen atoms in total. The normalized spacial score (nSPS) is 16.3. The number of rotatable bonds is 6. The van der Waals surface area contributed by atoms with Crippen molar-refractivity contribution in [2.75, 3.05) is 26.7 Å². The summed E-state index contributed by atoms with van der Waals surface area (Å²) in [7, 11) is 1.63. The van der Waals surface area contributed by atoms with Gasteiger partial charge < -0.3 is 20.8 Å². The number of piperidine rings is 1. The van der Waals surface area contributed by atoms with Crippen LogP contribution in [0.4, 0.5) is 0 Å². The predicted octanol–water partition coefficient (Wildman–Crippen LogP) is 0.468. The van der Waals surface area contributed by atoms with Crippen molar-refractivity contribution < 1.29 is 29.4 Å². The number of benzene rings is 1. The van der Waals surface area contributed by atoms with E-state index in [1.54, 1.807) is 25.2 Å². The second-order valence-corrected chi connectivity index (χ2v) is 6.52. The van der Waals surface area contributed by atoms with Gasteiger partial charge in [-0.05, 0) is 49.6 Å². The number of nitrogens with one attached hydrogen (secondary N) is 2. The van der Waals surface area contributed by atoms with Crippen molar-refractivity contribution in [2.24, 2.45) is 5.92 Å². The minimum Gasteiger partial charge on any atom is -0.483 e. The highest BCUT2D eigenvalue weighted by Crippen LogP contribution is 2.16. The van der Waals surface area contributed by atoms with E-state index in [-0.39, 0.29) is 36.3 Å². The van der Waals surface area contributed by atoms with Gasteiger partial charge in [0.2, 0.25) is 11.8 Å². The van der Waals surface area contributed by atoms with Gasteiger partial charge in [0.05, 0.1) is 18.0 Å². The van der Waals surface area contributed by atoms with E-state index in [4.69, 9.17) is 15.0 Å². The molecule has 0 bridgehead atoms. The van der Waals surface area contributed by atoms with Crippen molar-refractivity contribution in [3.8, 4) is 0 Å². The SMILES string of the molecule is CNC(=O)C1CCCN(CC(=O)NCc2cc(C(=O)O)ccc2C)C1.O=CO. The van der Waals surface area contributed by atoms with E-state index >= 15 is 0 Å². The summed E-state index contributed by atoms with van der Waals surface area (Å²) in [5.74, 6) is -1.16. The molecule has 1 aromatic rings. The number of hydrogen-bond acceptors (Lipinski definition) is 5. The molecular weight excluding hydrogens is 366 g/mol. The highest BCUT2D eigenvalue weighted by atomic mass is 16.4. The van der Waals surface area contributed by atoms with Crippen molar-refractivity contribution in [1.29, 1.82) is 0 Å². The number of carbonyl (C=O) groups is 4. The molecule has 1 heterocycles. The fourth-order valence-electron chi connectivity index (χ4n) is 3.07. The van der Waals surface area contributed by atoms with Gasteiger partial charge in [0.25, 0.3) is 6.47 Å². The Hall–Kier alpha value is -2.94. The zero-order valence-corrected chi connectivity index (χ0v) is 16.1. The van der Waals surface area contributed by atoms with Crippen LogP contribution in [0.15, 0.2) is 18.2 Å². The van der Waals surface area contributed by atoms with Crippen LogP contribution in [0.5, 0.6) is 0 Å². The summed E-state index contributed by atoms with van der Waals surface area (Å²) in [6, 6.07) is 4.87. The van der Waals surface area contributed by atoms with Crippen LogP contribution in [0, 0.1) is 12.8 Å². The first kappa shape index (κ1) is 23.1. The average Bonchev–Trinajstić information content (AvgIpc) is 2.67. The fourth-order valence-corrected chi connectivity index (χ4v) is 3.07. The first-order valence-corrected chi connectivity index (χ1v) is 8.93. The molecule has 1 aliphatic rings. The molecule has 0 aliphatic carbocycles. The molecule has 28 heavy (non-hydrogen) atoms. The number of carbonyl (C=O) groups excluding carboxylic acids is 2. The minimum absolute atomic E-state index is 0.0196. The van der Waals surface area contributed by atoms with Crippen molar-refractivity contribution in [1.82, 2.24) is 15.5 Å². The maximum absolute atomic E-state index is 12.2. The second kappa shape index (κ2) is 11.7. The largest absolute Gasteiger partial charge is 0.483 e. The Bertz CT molecular complexity index is 707. The molecule has 1 aliphatic heterocycles. The van der Waals surface area contributed by atoms with Crippen LogP contribution in [0.1, 0.15) is 34.3 Å². The molecule has 0 saturated carbocycles. The van der Waals surface area contributed by atoms with E-state index in [0.29, 0.717) is 13.1 Å². The fraction of sp³-hybridized carbons (Fsp3) is 0.474. The topological polar surface area (TPSA) is 136 Å². The molecule has 0 spiro atoms. The number of amides is 2. The predicted molar refractivity (Wildman–Crippen MR) is 102 cm³/mol. The number of hydrogen-bond donors (Lipinski definition) is 4. The molecule has 154 valence electrons. The standard InChI is InChI=1S/C18H25N3O4.CH2O2/c1-12-5-6-13(18(24)25)8-15(12)9-20-16(22)11-21-7-3-4-14(10-21)17(23)19-2;2-1-3/h5-6,8,14H,3-4,7,9-11H2,1-2H3,(H,19,23)(H,20,22)(H,24,25);1H,(H,2,3). The lowest BCUT2D eigenvalue weighted by Crippen LogP contribution is -2.46. The van der Waals surface area contributed by atoms with E-state index in [1.165, 1.54) is 0 Å². The number of aromatic carboxylic acids is 1. The summed E-state index contributed by atoms with van der Waals surface area (Å²) in [6.45, 7) is 3.55. The Morgan fingerprint density at radius 1 is 1.32 bits per heavy atom. The lowest BCUT2D eigenvalue weighted by Gasteiger charge is -2.31. The maximum Gasteiger partial charge on any atom is 0.335 e. The summed E-state index contributed by atoms with van der Waals surface area (Å²) >= 11 is 0. The van der Waals surface area contributed by atoms with Crippen LogP contribution in [-0.4, -0.2) is 66.1 Å². The van der Waals surface area contributed by atoms with Crippen LogP contribution in [0.2, 0.25) is 0 Å². The third-order valence-electron chi connectivity index (χ3n) is 4.56. The second-order valence-electron chi connectivity index (χ2n) is 6.52. The van der Waals surface area contributed by atoms with Crippen LogP contribution in [-0.2, 0) is 20.9 Å². The summed E-state index contributed by atoms with van der Waals surface area (Å²) < 4.78 is 0. The van der Waals surface area contributed by atoms with Crippen molar-refractivity contribution >= 4 is 24.3 Å². The minimum atomic E-state index is -0.985. The van der Waals surface area contributed by atoms with E-state index < -0.39 is 5.97 Å². The van der Waals surface area contributed by atoms with Gasteiger partial charge in [-0.2, -0.15) is 0 Å². The number of carboxylic acid groups (broad SMARTS) is 2. The Morgan fingerprint density at radius 2 is 2.00 bits per heavy atom. The molecule has 9 heteroatoms. The smallest absolute Gasteiger partial charge is 0.335 e.